The quantitative estimate of drug-likeness (QED) is 0.118. The van der Waals surface area contributed by atoms with Crippen molar-refractivity contribution in [2.45, 2.75) is 110 Å². The van der Waals surface area contributed by atoms with E-state index in [0.717, 1.165) is 46.0 Å². The lowest BCUT2D eigenvalue weighted by Gasteiger charge is -2.44. The van der Waals surface area contributed by atoms with Crippen molar-refractivity contribution in [1.29, 1.82) is 0 Å². The molecule has 222 valence electrons. The van der Waals surface area contributed by atoms with Crippen LogP contribution in [0.5, 0.6) is 0 Å². The van der Waals surface area contributed by atoms with Crippen LogP contribution in [-0.2, 0) is 42.9 Å². The highest BCUT2D eigenvalue weighted by Crippen LogP contribution is 2.31. The second-order valence-electron chi connectivity index (χ2n) is 9.36. The summed E-state index contributed by atoms with van der Waals surface area (Å²) >= 11 is 0. The number of alkyl carbamates (subject to hydrolysis) is 1. The second kappa shape index (κ2) is 19.0. The minimum Gasteiger partial charge on any atom is -0.463 e. The molecule has 5 atom stereocenters. The zero-order valence-corrected chi connectivity index (χ0v) is 23.5. The van der Waals surface area contributed by atoms with Crippen molar-refractivity contribution in [3.63, 3.8) is 0 Å². The largest absolute Gasteiger partial charge is 0.463 e. The van der Waals surface area contributed by atoms with E-state index in [2.05, 4.69) is 24.1 Å². The fraction of sp³-hybridized carbons (Fsp3) is 0.741. The number of carbonyl (C=O) groups excluding carboxylic acids is 5. The molecule has 1 rings (SSSR count). The normalized spacial score (nSPS) is 22.2. The molecule has 1 saturated heterocycles. The summed E-state index contributed by atoms with van der Waals surface area (Å²) in [4.78, 5) is 60.4. The van der Waals surface area contributed by atoms with E-state index in [4.69, 9.17) is 23.7 Å². The summed E-state index contributed by atoms with van der Waals surface area (Å²) in [6.45, 7) is 9.55. The molecule has 0 aromatic carbocycles. The van der Waals surface area contributed by atoms with Crippen LogP contribution >= 0.6 is 0 Å². The summed E-state index contributed by atoms with van der Waals surface area (Å²) in [5.41, 5.74) is 0. The van der Waals surface area contributed by atoms with Crippen molar-refractivity contribution in [3.05, 3.63) is 12.7 Å². The molecule has 0 aromatic rings. The zero-order valence-electron chi connectivity index (χ0n) is 23.5. The molecule has 0 aliphatic carbocycles. The van der Waals surface area contributed by atoms with Crippen molar-refractivity contribution in [1.82, 2.24) is 10.6 Å². The van der Waals surface area contributed by atoms with Crippen LogP contribution in [0.3, 0.4) is 0 Å². The first kappa shape index (κ1) is 33.9. The Labute approximate surface area is 230 Å². The number of nitrogens with one attached hydrogen (secondary N) is 2. The fourth-order valence-corrected chi connectivity index (χ4v) is 4.17. The predicted octanol–water partition coefficient (Wildman–Crippen LogP) is 2.72. The molecular weight excluding hydrogens is 512 g/mol. The molecule has 12 heteroatoms. The van der Waals surface area contributed by atoms with Crippen molar-refractivity contribution < 1.29 is 47.7 Å². The van der Waals surface area contributed by atoms with Gasteiger partial charge >= 0.3 is 24.0 Å². The molecule has 1 heterocycles. The van der Waals surface area contributed by atoms with Crippen LogP contribution in [0, 0.1) is 0 Å². The summed E-state index contributed by atoms with van der Waals surface area (Å²) in [5, 5.41) is 5.34. The third kappa shape index (κ3) is 14.0. The Bertz CT molecular complexity index is 818. The molecule has 1 fully saturated rings. The van der Waals surface area contributed by atoms with Gasteiger partial charge in [0.25, 0.3) is 0 Å². The molecule has 0 radical (unpaired) electrons. The summed E-state index contributed by atoms with van der Waals surface area (Å²) in [5.74, 6) is -2.32. The summed E-state index contributed by atoms with van der Waals surface area (Å²) < 4.78 is 27.7. The van der Waals surface area contributed by atoms with Gasteiger partial charge < -0.3 is 34.3 Å². The maximum atomic E-state index is 12.7. The molecule has 0 saturated carbocycles. The van der Waals surface area contributed by atoms with Crippen LogP contribution in [0.2, 0.25) is 0 Å². The first-order valence-electron chi connectivity index (χ1n) is 13.5. The molecule has 0 aromatic heterocycles. The minimum absolute atomic E-state index is 0.0109. The Hall–Kier alpha value is -3.15. The van der Waals surface area contributed by atoms with Crippen LogP contribution < -0.4 is 10.6 Å². The SMILES string of the molecule is C=CCNC(=O)CC[C@H]1O[C@H](COC(C)=O)[C@H](OC(C)=O)[C@@H](OC(C)=O)[C@H]1OC(=O)NCCCCCCCC. The maximum Gasteiger partial charge on any atom is 0.407 e. The van der Waals surface area contributed by atoms with E-state index in [-0.39, 0.29) is 31.9 Å². The average Bonchev–Trinajstić information content (AvgIpc) is 2.86. The van der Waals surface area contributed by atoms with E-state index in [0.29, 0.717) is 6.54 Å². The van der Waals surface area contributed by atoms with E-state index in [1.165, 1.54) is 19.4 Å². The molecule has 0 spiro atoms. The number of ether oxygens (including phenoxy) is 5. The maximum absolute atomic E-state index is 12.7. The van der Waals surface area contributed by atoms with Crippen LogP contribution in [0.25, 0.3) is 0 Å². The smallest absolute Gasteiger partial charge is 0.407 e. The number of carbonyl (C=O) groups is 5. The van der Waals surface area contributed by atoms with Crippen LogP contribution in [0.1, 0.15) is 79.1 Å². The van der Waals surface area contributed by atoms with E-state index in [1.807, 2.05) is 0 Å². The first-order valence-corrected chi connectivity index (χ1v) is 13.5. The van der Waals surface area contributed by atoms with Crippen molar-refractivity contribution in [2.75, 3.05) is 19.7 Å². The number of hydrogen-bond acceptors (Lipinski definition) is 10. The molecule has 12 nitrogen and oxygen atoms in total. The van der Waals surface area contributed by atoms with Gasteiger partial charge in [-0.2, -0.15) is 0 Å². The third-order valence-electron chi connectivity index (χ3n) is 5.93. The van der Waals surface area contributed by atoms with Gasteiger partial charge in [0, 0.05) is 40.3 Å². The van der Waals surface area contributed by atoms with Crippen LogP contribution in [-0.4, -0.2) is 80.1 Å². The lowest BCUT2D eigenvalue weighted by molar-refractivity contribution is -0.247. The molecule has 2 amide bonds. The number of esters is 3. The molecule has 0 unspecified atom stereocenters. The lowest BCUT2D eigenvalue weighted by atomic mass is 9.92. The number of unbranched alkanes of at least 4 members (excludes halogenated alkanes) is 5. The summed E-state index contributed by atoms with van der Waals surface area (Å²) in [6.07, 6.45) is 1.33. The van der Waals surface area contributed by atoms with E-state index >= 15 is 0 Å². The Morgan fingerprint density at radius 2 is 1.41 bits per heavy atom. The minimum atomic E-state index is -1.28. The molecule has 1 aliphatic rings. The van der Waals surface area contributed by atoms with E-state index in [1.54, 1.807) is 0 Å². The van der Waals surface area contributed by atoms with E-state index in [9.17, 15) is 24.0 Å². The molecule has 0 bridgehead atoms. The van der Waals surface area contributed by atoms with Gasteiger partial charge in [0.2, 0.25) is 5.91 Å². The van der Waals surface area contributed by atoms with Crippen LogP contribution in [0.4, 0.5) is 4.79 Å². The highest BCUT2D eigenvalue weighted by Gasteiger charge is 2.52. The second-order valence-corrected chi connectivity index (χ2v) is 9.36. The molecule has 39 heavy (non-hydrogen) atoms. The third-order valence-corrected chi connectivity index (χ3v) is 5.93. The molecule has 1 aliphatic heterocycles. The Morgan fingerprint density at radius 3 is 2.03 bits per heavy atom. The number of hydrogen-bond donors (Lipinski definition) is 2. The Kier molecular flexibility index (Phi) is 16.5. The number of rotatable bonds is 17. The van der Waals surface area contributed by atoms with Gasteiger partial charge in [-0.1, -0.05) is 45.1 Å². The van der Waals surface area contributed by atoms with Crippen molar-refractivity contribution in [2.24, 2.45) is 0 Å². The van der Waals surface area contributed by atoms with Crippen LogP contribution in [0.15, 0.2) is 12.7 Å². The van der Waals surface area contributed by atoms with Gasteiger partial charge in [0.05, 0.1) is 6.10 Å². The molecular formula is C27H44N2O10. The van der Waals surface area contributed by atoms with Gasteiger partial charge in [-0.25, -0.2) is 4.79 Å². The van der Waals surface area contributed by atoms with Gasteiger partial charge in [-0.15, -0.1) is 6.58 Å². The lowest BCUT2D eigenvalue weighted by Crippen LogP contribution is -2.62. The number of amides is 2. The highest BCUT2D eigenvalue weighted by atomic mass is 16.7. The Balaban J connectivity index is 3.10. The molecule has 2 N–H and O–H groups in total. The summed E-state index contributed by atoms with van der Waals surface area (Å²) in [7, 11) is 0. The van der Waals surface area contributed by atoms with Gasteiger partial charge in [0.1, 0.15) is 12.7 Å². The predicted molar refractivity (Wildman–Crippen MR) is 140 cm³/mol. The van der Waals surface area contributed by atoms with Crippen molar-refractivity contribution in [3.8, 4) is 0 Å². The average molecular weight is 557 g/mol. The first-order chi connectivity index (χ1) is 18.6. The van der Waals surface area contributed by atoms with Gasteiger partial charge in [0.15, 0.2) is 18.3 Å². The fourth-order valence-electron chi connectivity index (χ4n) is 4.17. The monoisotopic (exact) mass is 556 g/mol. The summed E-state index contributed by atoms with van der Waals surface area (Å²) in [6, 6.07) is 0. The standard InChI is InChI=1S/C27H44N2O10/c1-6-8-9-10-11-12-16-29-27(34)39-24-21(13-14-23(33)28-15-7-2)38-22(17-35-18(3)30)25(36-19(4)31)26(24)37-20(5)32/h7,21-22,24-26H,2,6,8-17H2,1,3-5H3,(H,28,33)(H,29,34)/t21-,22-,24+,25+,26+/m1/s1. The van der Waals surface area contributed by atoms with Crippen molar-refractivity contribution >= 4 is 29.9 Å². The Morgan fingerprint density at radius 1 is 0.795 bits per heavy atom. The van der Waals surface area contributed by atoms with E-state index < -0.39 is 54.5 Å². The topological polar surface area (TPSA) is 156 Å². The van der Waals surface area contributed by atoms with Gasteiger partial charge in [-0.3, -0.25) is 19.2 Å². The zero-order chi connectivity index (χ0) is 29.2. The highest BCUT2D eigenvalue weighted by molar-refractivity contribution is 5.76. The van der Waals surface area contributed by atoms with Gasteiger partial charge in [-0.05, 0) is 12.8 Å².